The molecule has 1 aliphatic carbocycles. The Morgan fingerprint density at radius 3 is 2.54 bits per heavy atom. The van der Waals surface area contributed by atoms with Crippen LogP contribution in [0.3, 0.4) is 0 Å². The maximum Gasteiger partial charge on any atom is 0.119 e. The van der Waals surface area contributed by atoms with Crippen LogP contribution in [-0.4, -0.2) is 20.2 Å². The van der Waals surface area contributed by atoms with Crippen molar-refractivity contribution in [3.05, 3.63) is 47.0 Å². The van der Waals surface area contributed by atoms with Gasteiger partial charge in [-0.25, -0.2) is 0 Å². The summed E-state index contributed by atoms with van der Waals surface area (Å²) in [6.45, 7) is 2.14. The number of ether oxygens (including phenoxy) is 1. The van der Waals surface area contributed by atoms with Crippen LogP contribution in [0.5, 0.6) is 5.75 Å². The molecule has 2 aliphatic rings. The lowest BCUT2D eigenvalue weighted by Crippen LogP contribution is -2.31. The maximum atomic E-state index is 9.62. The van der Waals surface area contributed by atoms with Crippen molar-refractivity contribution < 1.29 is 4.74 Å². The van der Waals surface area contributed by atoms with Gasteiger partial charge in [-0.1, -0.05) is 12.1 Å². The fourth-order valence-electron chi connectivity index (χ4n) is 4.14. The molecular formula is C21H22N2O. The molecule has 0 N–H and O–H groups in total. The number of methoxy groups -OCH3 is 1. The van der Waals surface area contributed by atoms with Crippen LogP contribution in [0.4, 0.5) is 5.69 Å². The van der Waals surface area contributed by atoms with Crippen molar-refractivity contribution in [2.45, 2.75) is 32.1 Å². The lowest BCUT2D eigenvalue weighted by atomic mass is 9.83. The van der Waals surface area contributed by atoms with Gasteiger partial charge in [-0.15, -0.1) is 0 Å². The van der Waals surface area contributed by atoms with Gasteiger partial charge in [0.05, 0.1) is 18.4 Å². The number of fused-ring (bicyclic) bond motifs is 3. The summed E-state index contributed by atoms with van der Waals surface area (Å²) in [4.78, 5) is 2.44. The molecule has 1 saturated heterocycles. The van der Waals surface area contributed by atoms with Crippen LogP contribution >= 0.6 is 0 Å². The van der Waals surface area contributed by atoms with Gasteiger partial charge in [0, 0.05) is 13.1 Å². The zero-order valence-electron chi connectivity index (χ0n) is 14.1. The highest BCUT2D eigenvalue weighted by molar-refractivity contribution is 5.82. The minimum absolute atomic E-state index is 0.826. The summed E-state index contributed by atoms with van der Waals surface area (Å²) in [6.07, 6.45) is 5.76. The number of benzene rings is 2. The summed E-state index contributed by atoms with van der Waals surface area (Å²) in [5, 5.41) is 9.62. The van der Waals surface area contributed by atoms with Crippen molar-refractivity contribution in [2.75, 3.05) is 25.1 Å². The largest absolute Gasteiger partial charge is 0.497 e. The Balaban J connectivity index is 1.86. The van der Waals surface area contributed by atoms with E-state index in [1.165, 1.54) is 47.2 Å². The average molecular weight is 318 g/mol. The molecule has 122 valence electrons. The predicted octanol–water partition coefficient (Wildman–Crippen LogP) is 4.32. The molecular weight excluding hydrogens is 296 g/mol. The molecule has 2 aromatic carbocycles. The highest BCUT2D eigenvalue weighted by atomic mass is 16.5. The first-order valence-corrected chi connectivity index (χ1v) is 8.80. The SMILES string of the molecule is COc1ccc2c(c1)CCc1c-2ccc(C#N)c1N1CCCCC1. The second kappa shape index (κ2) is 6.20. The van der Waals surface area contributed by atoms with E-state index in [0.29, 0.717) is 0 Å². The molecule has 1 heterocycles. The quantitative estimate of drug-likeness (QED) is 0.827. The zero-order chi connectivity index (χ0) is 16.5. The van der Waals surface area contributed by atoms with Gasteiger partial charge < -0.3 is 9.64 Å². The van der Waals surface area contributed by atoms with E-state index in [1.807, 2.05) is 12.1 Å². The summed E-state index contributed by atoms with van der Waals surface area (Å²) in [5.41, 5.74) is 7.30. The van der Waals surface area contributed by atoms with Crippen molar-refractivity contribution in [1.29, 1.82) is 5.26 Å². The molecule has 0 bridgehead atoms. The highest BCUT2D eigenvalue weighted by Gasteiger charge is 2.25. The Kier molecular flexibility index (Phi) is 3.90. The Bertz CT molecular complexity index is 813. The molecule has 0 spiro atoms. The molecule has 1 fully saturated rings. The Labute approximate surface area is 143 Å². The molecule has 4 rings (SSSR count). The first-order chi connectivity index (χ1) is 11.8. The monoisotopic (exact) mass is 318 g/mol. The lowest BCUT2D eigenvalue weighted by Gasteiger charge is -2.34. The number of aryl methyl sites for hydroxylation is 1. The van der Waals surface area contributed by atoms with Gasteiger partial charge in [-0.05, 0) is 72.6 Å². The summed E-state index contributed by atoms with van der Waals surface area (Å²) in [6, 6.07) is 12.9. The van der Waals surface area contributed by atoms with E-state index in [9.17, 15) is 5.26 Å². The van der Waals surface area contributed by atoms with Crippen molar-refractivity contribution in [3.8, 4) is 22.9 Å². The van der Waals surface area contributed by atoms with E-state index in [2.05, 4.69) is 29.2 Å². The molecule has 0 amide bonds. The number of nitriles is 1. The average Bonchev–Trinajstić information content (AvgIpc) is 2.66. The van der Waals surface area contributed by atoms with Crippen LogP contribution in [0.1, 0.15) is 36.0 Å². The van der Waals surface area contributed by atoms with Crippen molar-refractivity contribution >= 4 is 5.69 Å². The van der Waals surface area contributed by atoms with Gasteiger partial charge in [0.2, 0.25) is 0 Å². The number of piperidine rings is 1. The number of hydrogen-bond donors (Lipinski definition) is 0. The fraction of sp³-hybridized carbons (Fsp3) is 0.381. The summed E-state index contributed by atoms with van der Waals surface area (Å²) >= 11 is 0. The smallest absolute Gasteiger partial charge is 0.119 e. The minimum Gasteiger partial charge on any atom is -0.497 e. The van der Waals surface area contributed by atoms with Gasteiger partial charge in [-0.3, -0.25) is 0 Å². The third kappa shape index (κ3) is 2.43. The number of anilines is 1. The second-order valence-electron chi connectivity index (χ2n) is 6.67. The maximum absolute atomic E-state index is 9.62. The lowest BCUT2D eigenvalue weighted by molar-refractivity contribution is 0.414. The predicted molar refractivity (Wildman–Crippen MR) is 96.6 cm³/mol. The van der Waals surface area contributed by atoms with E-state index in [-0.39, 0.29) is 0 Å². The van der Waals surface area contributed by atoms with Gasteiger partial charge in [-0.2, -0.15) is 5.26 Å². The molecule has 3 nitrogen and oxygen atoms in total. The molecule has 2 aromatic rings. The van der Waals surface area contributed by atoms with E-state index >= 15 is 0 Å². The van der Waals surface area contributed by atoms with Gasteiger partial charge in [0.1, 0.15) is 11.8 Å². The van der Waals surface area contributed by atoms with Crippen LogP contribution < -0.4 is 9.64 Å². The van der Waals surface area contributed by atoms with E-state index in [1.54, 1.807) is 7.11 Å². The summed E-state index contributed by atoms with van der Waals surface area (Å²) in [5.74, 6) is 0.919. The Morgan fingerprint density at radius 1 is 1.00 bits per heavy atom. The van der Waals surface area contributed by atoms with Crippen LogP contribution in [-0.2, 0) is 12.8 Å². The van der Waals surface area contributed by atoms with Crippen molar-refractivity contribution in [2.24, 2.45) is 0 Å². The first-order valence-electron chi connectivity index (χ1n) is 8.80. The van der Waals surface area contributed by atoms with Crippen molar-refractivity contribution in [1.82, 2.24) is 0 Å². The van der Waals surface area contributed by atoms with E-state index in [4.69, 9.17) is 4.74 Å². The highest BCUT2D eigenvalue weighted by Crippen LogP contribution is 2.41. The molecule has 24 heavy (non-hydrogen) atoms. The molecule has 0 radical (unpaired) electrons. The molecule has 0 unspecified atom stereocenters. The van der Waals surface area contributed by atoms with E-state index in [0.717, 1.165) is 37.2 Å². The van der Waals surface area contributed by atoms with Gasteiger partial charge in [0.15, 0.2) is 0 Å². The van der Waals surface area contributed by atoms with Crippen LogP contribution in [0, 0.1) is 11.3 Å². The topological polar surface area (TPSA) is 36.3 Å². The van der Waals surface area contributed by atoms with Crippen molar-refractivity contribution in [3.63, 3.8) is 0 Å². The van der Waals surface area contributed by atoms with E-state index < -0.39 is 0 Å². The normalized spacial score (nSPS) is 16.1. The number of nitrogens with zero attached hydrogens (tertiary/aromatic N) is 2. The summed E-state index contributed by atoms with van der Waals surface area (Å²) < 4.78 is 5.37. The third-order valence-corrected chi connectivity index (χ3v) is 5.32. The van der Waals surface area contributed by atoms with Crippen LogP contribution in [0.2, 0.25) is 0 Å². The molecule has 0 saturated carbocycles. The number of rotatable bonds is 2. The zero-order valence-corrected chi connectivity index (χ0v) is 14.1. The molecule has 0 atom stereocenters. The molecule has 0 aromatic heterocycles. The standard InChI is InChI=1S/C21H22N2O/c1-24-17-7-10-18-15(13-17)5-9-20-19(18)8-6-16(14-22)21(20)23-11-3-2-4-12-23/h6-8,10,13H,2-5,9,11-12H2,1H3. The summed E-state index contributed by atoms with van der Waals surface area (Å²) in [7, 11) is 1.71. The Hall–Kier alpha value is -2.47. The van der Waals surface area contributed by atoms with Crippen LogP contribution in [0.25, 0.3) is 11.1 Å². The van der Waals surface area contributed by atoms with Crippen LogP contribution in [0.15, 0.2) is 30.3 Å². The fourth-order valence-corrected chi connectivity index (χ4v) is 4.14. The minimum atomic E-state index is 0.826. The molecule has 1 aliphatic heterocycles. The first kappa shape index (κ1) is 15.1. The molecule has 3 heteroatoms. The van der Waals surface area contributed by atoms with Gasteiger partial charge >= 0.3 is 0 Å². The second-order valence-corrected chi connectivity index (χ2v) is 6.67. The van der Waals surface area contributed by atoms with Gasteiger partial charge in [0.25, 0.3) is 0 Å². The Morgan fingerprint density at radius 2 is 1.79 bits per heavy atom. The third-order valence-electron chi connectivity index (χ3n) is 5.32. The number of hydrogen-bond acceptors (Lipinski definition) is 3.